The Bertz CT molecular complexity index is 678. The molecule has 4 heteroatoms. The summed E-state index contributed by atoms with van der Waals surface area (Å²) in [5.74, 6) is 1.27. The highest BCUT2D eigenvalue weighted by Crippen LogP contribution is 2.23. The van der Waals surface area contributed by atoms with E-state index in [-0.39, 0.29) is 5.91 Å². The van der Waals surface area contributed by atoms with Crippen molar-refractivity contribution in [1.82, 2.24) is 0 Å². The van der Waals surface area contributed by atoms with E-state index in [1.807, 2.05) is 36.4 Å². The van der Waals surface area contributed by atoms with Crippen molar-refractivity contribution in [2.45, 2.75) is 19.8 Å². The van der Waals surface area contributed by atoms with E-state index in [1.54, 1.807) is 25.3 Å². The van der Waals surface area contributed by atoms with Crippen LogP contribution in [-0.4, -0.2) is 19.6 Å². The molecule has 1 amide bonds. The molecule has 0 aliphatic carbocycles. The van der Waals surface area contributed by atoms with E-state index in [1.165, 1.54) is 6.08 Å². The number of benzene rings is 2. The van der Waals surface area contributed by atoms with Gasteiger partial charge in [0.25, 0.3) is 0 Å². The van der Waals surface area contributed by atoms with Gasteiger partial charge in [0, 0.05) is 6.08 Å². The highest BCUT2D eigenvalue weighted by molar-refractivity contribution is 6.02. The zero-order valence-electron chi connectivity index (χ0n) is 14.1. The summed E-state index contributed by atoms with van der Waals surface area (Å²) in [5.41, 5.74) is 1.59. The van der Waals surface area contributed by atoms with Gasteiger partial charge in [-0.3, -0.25) is 4.79 Å². The topological polar surface area (TPSA) is 47.6 Å². The molecule has 2 rings (SSSR count). The molecule has 2 aromatic carbocycles. The van der Waals surface area contributed by atoms with Crippen LogP contribution in [0.4, 0.5) is 5.69 Å². The minimum absolute atomic E-state index is 0.206. The van der Waals surface area contributed by atoms with Crippen molar-refractivity contribution in [2.24, 2.45) is 0 Å². The van der Waals surface area contributed by atoms with E-state index in [0.29, 0.717) is 11.4 Å². The number of unbranched alkanes of at least 4 members (excludes halogenated alkanes) is 1. The molecule has 0 aliphatic heterocycles. The summed E-state index contributed by atoms with van der Waals surface area (Å²) in [4.78, 5) is 12.0. The fourth-order valence-electron chi connectivity index (χ4n) is 2.10. The number of para-hydroxylation sites is 2. The van der Waals surface area contributed by atoms with Crippen LogP contribution < -0.4 is 14.8 Å². The first-order chi connectivity index (χ1) is 11.7. The number of hydrogen-bond acceptors (Lipinski definition) is 3. The van der Waals surface area contributed by atoms with E-state index in [9.17, 15) is 4.79 Å². The Labute approximate surface area is 143 Å². The van der Waals surface area contributed by atoms with Crippen molar-refractivity contribution in [3.8, 4) is 11.5 Å². The molecule has 0 spiro atoms. The summed E-state index contributed by atoms with van der Waals surface area (Å²) in [6.45, 7) is 2.86. The van der Waals surface area contributed by atoms with Crippen molar-refractivity contribution in [1.29, 1.82) is 0 Å². The van der Waals surface area contributed by atoms with Crippen LogP contribution >= 0.6 is 0 Å². The minimum atomic E-state index is -0.206. The number of amides is 1. The second kappa shape index (κ2) is 9.40. The predicted molar refractivity (Wildman–Crippen MR) is 97.5 cm³/mol. The first-order valence-corrected chi connectivity index (χ1v) is 8.08. The Balaban J connectivity index is 1.91. The summed E-state index contributed by atoms with van der Waals surface area (Å²) in [6.07, 6.45) is 5.42. The lowest BCUT2D eigenvalue weighted by Crippen LogP contribution is -2.08. The standard InChI is InChI=1S/C20H23NO3/c1-3-4-15-24-17-12-9-16(10-13-17)11-14-20(22)21-18-7-5-6-8-19(18)23-2/h5-14H,3-4,15H2,1-2H3,(H,21,22). The van der Waals surface area contributed by atoms with Crippen LogP contribution in [0.3, 0.4) is 0 Å². The Kier molecular flexibility index (Phi) is 6.90. The van der Waals surface area contributed by atoms with Crippen LogP contribution in [0.15, 0.2) is 54.6 Å². The summed E-state index contributed by atoms with van der Waals surface area (Å²) in [7, 11) is 1.57. The molecule has 0 saturated carbocycles. The fourth-order valence-corrected chi connectivity index (χ4v) is 2.10. The molecule has 24 heavy (non-hydrogen) atoms. The maximum Gasteiger partial charge on any atom is 0.248 e. The number of anilines is 1. The quantitative estimate of drug-likeness (QED) is 0.573. The third-order valence-corrected chi connectivity index (χ3v) is 3.44. The molecule has 4 nitrogen and oxygen atoms in total. The second-order valence-electron chi connectivity index (χ2n) is 5.29. The van der Waals surface area contributed by atoms with Gasteiger partial charge in [-0.25, -0.2) is 0 Å². The van der Waals surface area contributed by atoms with Gasteiger partial charge in [-0.2, -0.15) is 0 Å². The van der Waals surface area contributed by atoms with Crippen molar-refractivity contribution < 1.29 is 14.3 Å². The van der Waals surface area contributed by atoms with Gasteiger partial charge < -0.3 is 14.8 Å². The number of hydrogen-bond donors (Lipinski definition) is 1. The van der Waals surface area contributed by atoms with Gasteiger partial charge in [-0.05, 0) is 42.3 Å². The third-order valence-electron chi connectivity index (χ3n) is 3.44. The summed E-state index contributed by atoms with van der Waals surface area (Å²) in [5, 5.41) is 2.80. The van der Waals surface area contributed by atoms with Crippen LogP contribution in [0.2, 0.25) is 0 Å². The van der Waals surface area contributed by atoms with Gasteiger partial charge in [0.2, 0.25) is 5.91 Å². The van der Waals surface area contributed by atoms with Crippen molar-refractivity contribution in [2.75, 3.05) is 19.0 Å². The molecule has 0 bridgehead atoms. The van der Waals surface area contributed by atoms with E-state index < -0.39 is 0 Å². The van der Waals surface area contributed by atoms with Crippen molar-refractivity contribution >= 4 is 17.7 Å². The first-order valence-electron chi connectivity index (χ1n) is 8.08. The van der Waals surface area contributed by atoms with Crippen LogP contribution in [0.5, 0.6) is 11.5 Å². The minimum Gasteiger partial charge on any atom is -0.495 e. The first kappa shape index (κ1) is 17.6. The summed E-state index contributed by atoms with van der Waals surface area (Å²) in [6, 6.07) is 15.0. The molecule has 0 saturated heterocycles. The molecular weight excluding hydrogens is 302 g/mol. The molecule has 0 atom stereocenters. The average Bonchev–Trinajstić information content (AvgIpc) is 2.62. The number of methoxy groups -OCH3 is 1. The molecule has 0 radical (unpaired) electrons. The zero-order valence-corrected chi connectivity index (χ0v) is 14.1. The monoisotopic (exact) mass is 325 g/mol. The van der Waals surface area contributed by atoms with Gasteiger partial charge in [-0.15, -0.1) is 0 Å². The van der Waals surface area contributed by atoms with E-state index in [0.717, 1.165) is 30.8 Å². The van der Waals surface area contributed by atoms with Gasteiger partial charge in [-0.1, -0.05) is 37.6 Å². The lowest BCUT2D eigenvalue weighted by molar-refractivity contribution is -0.111. The lowest BCUT2D eigenvalue weighted by Gasteiger charge is -2.08. The number of carbonyl (C=O) groups is 1. The third kappa shape index (κ3) is 5.47. The lowest BCUT2D eigenvalue weighted by atomic mass is 10.2. The average molecular weight is 325 g/mol. The van der Waals surface area contributed by atoms with Gasteiger partial charge in [0.15, 0.2) is 0 Å². The Morgan fingerprint density at radius 2 is 1.88 bits per heavy atom. The molecule has 0 unspecified atom stereocenters. The molecule has 0 aliphatic rings. The second-order valence-corrected chi connectivity index (χ2v) is 5.29. The molecule has 1 N–H and O–H groups in total. The fraction of sp³-hybridized carbons (Fsp3) is 0.250. The maximum absolute atomic E-state index is 12.0. The Hall–Kier alpha value is -2.75. The van der Waals surface area contributed by atoms with Crippen LogP contribution in [0, 0.1) is 0 Å². The Morgan fingerprint density at radius 1 is 1.12 bits per heavy atom. The van der Waals surface area contributed by atoms with Crippen LogP contribution in [0.1, 0.15) is 25.3 Å². The summed E-state index contributed by atoms with van der Waals surface area (Å²) < 4.78 is 10.8. The van der Waals surface area contributed by atoms with Crippen molar-refractivity contribution in [3.05, 3.63) is 60.2 Å². The largest absolute Gasteiger partial charge is 0.495 e. The maximum atomic E-state index is 12.0. The normalized spacial score (nSPS) is 10.6. The molecule has 0 heterocycles. The summed E-state index contributed by atoms with van der Waals surface area (Å²) >= 11 is 0. The van der Waals surface area contributed by atoms with Gasteiger partial charge in [0.05, 0.1) is 19.4 Å². The number of carbonyl (C=O) groups excluding carboxylic acids is 1. The van der Waals surface area contributed by atoms with Crippen LogP contribution in [0.25, 0.3) is 6.08 Å². The zero-order chi connectivity index (χ0) is 17.2. The van der Waals surface area contributed by atoms with Gasteiger partial charge >= 0.3 is 0 Å². The molecular formula is C20H23NO3. The van der Waals surface area contributed by atoms with Crippen molar-refractivity contribution in [3.63, 3.8) is 0 Å². The predicted octanol–water partition coefficient (Wildman–Crippen LogP) is 4.53. The van der Waals surface area contributed by atoms with E-state index in [2.05, 4.69) is 12.2 Å². The number of nitrogens with one attached hydrogen (secondary N) is 1. The van der Waals surface area contributed by atoms with Gasteiger partial charge in [0.1, 0.15) is 11.5 Å². The smallest absolute Gasteiger partial charge is 0.248 e. The number of rotatable bonds is 8. The SMILES string of the molecule is CCCCOc1ccc(C=CC(=O)Nc2ccccc2OC)cc1. The molecule has 0 aromatic heterocycles. The Morgan fingerprint density at radius 3 is 2.58 bits per heavy atom. The van der Waals surface area contributed by atoms with E-state index >= 15 is 0 Å². The van der Waals surface area contributed by atoms with E-state index in [4.69, 9.17) is 9.47 Å². The highest BCUT2D eigenvalue weighted by atomic mass is 16.5. The molecule has 2 aromatic rings. The number of ether oxygens (including phenoxy) is 2. The highest BCUT2D eigenvalue weighted by Gasteiger charge is 2.03. The molecule has 0 fully saturated rings. The van der Waals surface area contributed by atoms with Crippen LogP contribution in [-0.2, 0) is 4.79 Å². The molecule has 126 valence electrons.